The van der Waals surface area contributed by atoms with Gasteiger partial charge in [0.1, 0.15) is 6.04 Å². The Morgan fingerprint density at radius 2 is 1.79 bits per heavy atom. The van der Waals surface area contributed by atoms with Gasteiger partial charge in [0.25, 0.3) is 0 Å². The van der Waals surface area contributed by atoms with Crippen molar-refractivity contribution >= 4 is 11.6 Å². The first-order valence-electron chi connectivity index (χ1n) is 6.26. The average Bonchev–Trinajstić information content (AvgIpc) is 2.42. The van der Waals surface area contributed by atoms with E-state index in [9.17, 15) is 4.79 Å². The largest absolute Gasteiger partial charge is 0.324 e. The Balaban J connectivity index is 2.13. The van der Waals surface area contributed by atoms with E-state index in [2.05, 4.69) is 5.32 Å². The van der Waals surface area contributed by atoms with Crippen LogP contribution in [0.15, 0.2) is 48.5 Å². The van der Waals surface area contributed by atoms with Crippen LogP contribution in [0.1, 0.15) is 22.7 Å². The Kier molecular flexibility index (Phi) is 3.97. The lowest BCUT2D eigenvalue weighted by molar-refractivity contribution is -0.117. The van der Waals surface area contributed by atoms with Crippen LogP contribution >= 0.6 is 0 Å². The summed E-state index contributed by atoms with van der Waals surface area (Å²) >= 11 is 0. The number of hydrogen-bond acceptors (Lipinski definition) is 2. The molecule has 2 aromatic rings. The highest BCUT2D eigenvalue weighted by atomic mass is 16.2. The van der Waals surface area contributed by atoms with Gasteiger partial charge in [0, 0.05) is 5.69 Å². The lowest BCUT2D eigenvalue weighted by atomic mass is 10.1. The van der Waals surface area contributed by atoms with Gasteiger partial charge in [-0.1, -0.05) is 48.0 Å². The number of rotatable bonds is 3. The summed E-state index contributed by atoms with van der Waals surface area (Å²) in [7, 11) is 0. The maximum absolute atomic E-state index is 12.1. The molecule has 0 aliphatic carbocycles. The molecule has 0 saturated carbocycles. The molecule has 0 bridgehead atoms. The summed E-state index contributed by atoms with van der Waals surface area (Å²) in [6.07, 6.45) is 0. The fourth-order valence-corrected chi connectivity index (χ4v) is 1.98. The van der Waals surface area contributed by atoms with E-state index in [1.807, 2.05) is 62.4 Å². The molecule has 0 heterocycles. The lowest BCUT2D eigenvalue weighted by Crippen LogP contribution is -2.27. The summed E-state index contributed by atoms with van der Waals surface area (Å²) in [6.45, 7) is 3.99. The Bertz CT molecular complexity index is 579. The molecule has 0 fully saturated rings. The van der Waals surface area contributed by atoms with Crippen molar-refractivity contribution in [3.8, 4) is 0 Å². The highest BCUT2D eigenvalue weighted by Crippen LogP contribution is 2.18. The first-order valence-corrected chi connectivity index (χ1v) is 6.26. The number of nitrogens with one attached hydrogen (secondary N) is 1. The Morgan fingerprint density at radius 3 is 2.42 bits per heavy atom. The summed E-state index contributed by atoms with van der Waals surface area (Å²) in [5.41, 5.74) is 9.78. The monoisotopic (exact) mass is 254 g/mol. The molecule has 0 radical (unpaired) electrons. The maximum atomic E-state index is 12.1. The van der Waals surface area contributed by atoms with Crippen molar-refractivity contribution in [2.45, 2.75) is 19.9 Å². The fraction of sp³-hybridized carbons (Fsp3) is 0.188. The van der Waals surface area contributed by atoms with E-state index in [0.29, 0.717) is 0 Å². The smallest absolute Gasteiger partial charge is 0.245 e. The van der Waals surface area contributed by atoms with Crippen LogP contribution in [-0.4, -0.2) is 5.91 Å². The van der Waals surface area contributed by atoms with Crippen LogP contribution in [0.4, 0.5) is 5.69 Å². The number of carbonyl (C=O) groups is 1. The van der Waals surface area contributed by atoms with E-state index < -0.39 is 6.04 Å². The average molecular weight is 254 g/mol. The van der Waals surface area contributed by atoms with Crippen LogP contribution in [-0.2, 0) is 4.79 Å². The van der Waals surface area contributed by atoms with Crippen LogP contribution < -0.4 is 11.1 Å². The van der Waals surface area contributed by atoms with Crippen molar-refractivity contribution < 1.29 is 4.79 Å². The van der Waals surface area contributed by atoms with Gasteiger partial charge in [-0.2, -0.15) is 0 Å². The van der Waals surface area contributed by atoms with Crippen LogP contribution in [0.3, 0.4) is 0 Å². The van der Waals surface area contributed by atoms with Crippen molar-refractivity contribution in [1.29, 1.82) is 0 Å². The lowest BCUT2D eigenvalue weighted by Gasteiger charge is -2.14. The molecular formula is C16H18N2O. The highest BCUT2D eigenvalue weighted by molar-refractivity contribution is 5.96. The van der Waals surface area contributed by atoms with Crippen molar-refractivity contribution in [2.75, 3.05) is 5.32 Å². The zero-order valence-electron chi connectivity index (χ0n) is 11.2. The summed E-state index contributed by atoms with van der Waals surface area (Å²) in [6, 6.07) is 14.6. The molecule has 0 spiro atoms. The molecule has 0 unspecified atom stereocenters. The molecule has 19 heavy (non-hydrogen) atoms. The first-order chi connectivity index (χ1) is 9.08. The molecule has 98 valence electrons. The number of amides is 1. The van der Waals surface area contributed by atoms with Crippen molar-refractivity contribution in [1.82, 2.24) is 0 Å². The molecule has 0 aromatic heterocycles. The van der Waals surface area contributed by atoms with E-state index in [1.165, 1.54) is 5.56 Å². The number of anilines is 1. The third-order valence-corrected chi connectivity index (χ3v) is 3.08. The highest BCUT2D eigenvalue weighted by Gasteiger charge is 2.16. The quantitative estimate of drug-likeness (QED) is 0.884. The number of carbonyl (C=O) groups excluding carboxylic acids is 1. The maximum Gasteiger partial charge on any atom is 0.245 e. The third kappa shape index (κ3) is 3.20. The number of hydrogen-bond donors (Lipinski definition) is 2. The van der Waals surface area contributed by atoms with Crippen LogP contribution in [0, 0.1) is 13.8 Å². The van der Waals surface area contributed by atoms with Gasteiger partial charge in [-0.05, 0) is 31.0 Å². The van der Waals surface area contributed by atoms with Crippen molar-refractivity contribution in [3.05, 3.63) is 65.2 Å². The fourth-order valence-electron chi connectivity index (χ4n) is 1.98. The Labute approximate surface area is 113 Å². The predicted molar refractivity (Wildman–Crippen MR) is 77.9 cm³/mol. The summed E-state index contributed by atoms with van der Waals surface area (Å²) < 4.78 is 0. The normalized spacial score (nSPS) is 11.9. The molecule has 3 N–H and O–H groups in total. The molecule has 3 nitrogen and oxygen atoms in total. The molecule has 1 amide bonds. The van der Waals surface area contributed by atoms with Gasteiger partial charge in [-0.15, -0.1) is 0 Å². The number of aryl methyl sites for hydroxylation is 2. The third-order valence-electron chi connectivity index (χ3n) is 3.08. The van der Waals surface area contributed by atoms with Gasteiger partial charge < -0.3 is 11.1 Å². The van der Waals surface area contributed by atoms with E-state index in [4.69, 9.17) is 5.73 Å². The van der Waals surface area contributed by atoms with Gasteiger partial charge in [0.15, 0.2) is 0 Å². The van der Waals surface area contributed by atoms with E-state index in [0.717, 1.165) is 16.8 Å². The summed E-state index contributed by atoms with van der Waals surface area (Å²) in [5.74, 6) is -0.196. The second-order valence-corrected chi connectivity index (χ2v) is 4.70. The molecular weight excluding hydrogens is 236 g/mol. The molecule has 0 saturated heterocycles. The molecule has 2 rings (SSSR count). The van der Waals surface area contributed by atoms with Gasteiger partial charge in [0.05, 0.1) is 0 Å². The summed E-state index contributed by atoms with van der Waals surface area (Å²) in [4.78, 5) is 12.1. The van der Waals surface area contributed by atoms with Gasteiger partial charge in [0.2, 0.25) is 5.91 Å². The van der Waals surface area contributed by atoms with Crippen molar-refractivity contribution in [3.63, 3.8) is 0 Å². The minimum atomic E-state index is -0.651. The molecule has 0 aliphatic rings. The van der Waals surface area contributed by atoms with E-state index in [-0.39, 0.29) is 5.91 Å². The van der Waals surface area contributed by atoms with Crippen LogP contribution in [0.25, 0.3) is 0 Å². The summed E-state index contributed by atoms with van der Waals surface area (Å²) in [5, 5.41) is 2.87. The van der Waals surface area contributed by atoms with Gasteiger partial charge >= 0.3 is 0 Å². The SMILES string of the molecule is Cc1ccc(NC(=O)[C@H](N)c2ccccc2)c(C)c1. The minimum absolute atomic E-state index is 0.196. The predicted octanol–water partition coefficient (Wildman–Crippen LogP) is 2.94. The van der Waals surface area contributed by atoms with Crippen molar-refractivity contribution in [2.24, 2.45) is 5.73 Å². The molecule has 2 aromatic carbocycles. The van der Waals surface area contributed by atoms with E-state index in [1.54, 1.807) is 0 Å². The molecule has 0 aliphatic heterocycles. The van der Waals surface area contributed by atoms with Gasteiger partial charge in [-0.3, -0.25) is 4.79 Å². The standard InChI is InChI=1S/C16H18N2O/c1-11-8-9-14(12(2)10-11)18-16(19)15(17)13-6-4-3-5-7-13/h3-10,15H,17H2,1-2H3,(H,18,19)/t15-/m1/s1. The molecule has 3 heteroatoms. The Morgan fingerprint density at radius 1 is 1.11 bits per heavy atom. The first kappa shape index (κ1) is 13.3. The van der Waals surface area contributed by atoms with Crippen LogP contribution in [0.2, 0.25) is 0 Å². The van der Waals surface area contributed by atoms with Crippen LogP contribution in [0.5, 0.6) is 0 Å². The topological polar surface area (TPSA) is 55.1 Å². The van der Waals surface area contributed by atoms with E-state index >= 15 is 0 Å². The zero-order chi connectivity index (χ0) is 13.8. The Hall–Kier alpha value is -2.13. The second-order valence-electron chi connectivity index (χ2n) is 4.70. The number of nitrogens with two attached hydrogens (primary N) is 1. The minimum Gasteiger partial charge on any atom is -0.324 e. The number of benzene rings is 2. The van der Waals surface area contributed by atoms with Gasteiger partial charge in [-0.25, -0.2) is 0 Å². The molecule has 1 atom stereocenters. The zero-order valence-corrected chi connectivity index (χ0v) is 11.2. The second kappa shape index (κ2) is 5.67.